The highest BCUT2D eigenvalue weighted by Gasteiger charge is 2.42. The van der Waals surface area contributed by atoms with Gasteiger partial charge >= 0.3 is 0 Å². The second-order valence-electron chi connectivity index (χ2n) is 7.19. The zero-order valence-electron chi connectivity index (χ0n) is 13.4. The fourth-order valence-electron chi connectivity index (χ4n) is 3.50. The molecule has 118 valence electrons. The van der Waals surface area contributed by atoms with Crippen molar-refractivity contribution in [3.05, 3.63) is 16.1 Å². The van der Waals surface area contributed by atoms with E-state index in [4.69, 9.17) is 4.74 Å². The summed E-state index contributed by atoms with van der Waals surface area (Å²) in [5.41, 5.74) is 0.277. The number of aromatic nitrogens is 1. The number of nitrogens with one attached hydrogen (secondary N) is 1. The number of rotatable bonds is 6. The standard InChI is InChI=1S/C17H28N2OS/c1-13(2)8-16-19-12-15(21-16)11-18-10-14-4-7-20-17(9-14)5-3-6-17/h12-14,18H,3-11H2,1-2H3. The zero-order chi connectivity index (χ0) is 14.7. The molecule has 3 nitrogen and oxygen atoms in total. The molecular formula is C17H28N2OS. The van der Waals surface area contributed by atoms with Gasteiger partial charge in [0.1, 0.15) is 0 Å². The fourth-order valence-corrected chi connectivity index (χ4v) is 4.60. The van der Waals surface area contributed by atoms with Gasteiger partial charge in [-0.1, -0.05) is 13.8 Å². The Balaban J connectivity index is 1.40. The van der Waals surface area contributed by atoms with Crippen LogP contribution in [-0.4, -0.2) is 23.7 Å². The van der Waals surface area contributed by atoms with Crippen LogP contribution in [0.3, 0.4) is 0 Å². The summed E-state index contributed by atoms with van der Waals surface area (Å²) in [7, 11) is 0. The molecule has 4 heteroatoms. The van der Waals surface area contributed by atoms with E-state index in [0.29, 0.717) is 5.92 Å². The molecule has 1 saturated heterocycles. The van der Waals surface area contributed by atoms with Crippen molar-refractivity contribution in [2.24, 2.45) is 11.8 Å². The van der Waals surface area contributed by atoms with Gasteiger partial charge in [0, 0.05) is 30.6 Å². The van der Waals surface area contributed by atoms with E-state index in [2.05, 4.69) is 24.1 Å². The van der Waals surface area contributed by atoms with Crippen molar-refractivity contribution < 1.29 is 4.74 Å². The van der Waals surface area contributed by atoms with Gasteiger partial charge < -0.3 is 10.1 Å². The van der Waals surface area contributed by atoms with Crippen LogP contribution < -0.4 is 5.32 Å². The van der Waals surface area contributed by atoms with Crippen molar-refractivity contribution in [1.29, 1.82) is 0 Å². The Labute approximate surface area is 132 Å². The van der Waals surface area contributed by atoms with E-state index < -0.39 is 0 Å². The van der Waals surface area contributed by atoms with Crippen molar-refractivity contribution in [2.45, 2.75) is 64.5 Å². The van der Waals surface area contributed by atoms with Crippen LogP contribution in [0.5, 0.6) is 0 Å². The second kappa shape index (κ2) is 6.76. The average molecular weight is 308 g/mol. The first-order valence-electron chi connectivity index (χ1n) is 8.43. The van der Waals surface area contributed by atoms with Crippen LogP contribution in [0, 0.1) is 11.8 Å². The van der Waals surface area contributed by atoms with Gasteiger partial charge in [-0.05, 0) is 50.5 Å². The maximum atomic E-state index is 6.00. The first-order chi connectivity index (χ1) is 10.2. The summed E-state index contributed by atoms with van der Waals surface area (Å²) in [5.74, 6) is 1.49. The normalized spacial score (nSPS) is 24.4. The Morgan fingerprint density at radius 1 is 1.48 bits per heavy atom. The highest BCUT2D eigenvalue weighted by atomic mass is 32.1. The zero-order valence-corrected chi connectivity index (χ0v) is 14.2. The molecule has 2 aliphatic rings. The van der Waals surface area contributed by atoms with E-state index in [9.17, 15) is 0 Å². The van der Waals surface area contributed by atoms with Crippen LogP contribution in [0.1, 0.15) is 55.8 Å². The minimum atomic E-state index is 0.277. The summed E-state index contributed by atoms with van der Waals surface area (Å²) in [6.45, 7) is 7.57. The van der Waals surface area contributed by atoms with E-state index in [1.54, 1.807) is 0 Å². The smallest absolute Gasteiger partial charge is 0.0930 e. The van der Waals surface area contributed by atoms with Crippen molar-refractivity contribution in [2.75, 3.05) is 13.2 Å². The third kappa shape index (κ3) is 4.05. The summed E-state index contributed by atoms with van der Waals surface area (Å²) < 4.78 is 6.00. The highest BCUT2D eigenvalue weighted by Crippen LogP contribution is 2.44. The first kappa shape index (κ1) is 15.4. The third-order valence-electron chi connectivity index (χ3n) is 4.78. The van der Waals surface area contributed by atoms with Gasteiger partial charge in [-0.15, -0.1) is 11.3 Å². The number of thiazole rings is 1. The molecule has 1 aliphatic heterocycles. The number of hydrogen-bond acceptors (Lipinski definition) is 4. The van der Waals surface area contributed by atoms with Gasteiger partial charge in [0.2, 0.25) is 0 Å². The molecule has 1 saturated carbocycles. The van der Waals surface area contributed by atoms with Gasteiger partial charge in [0.05, 0.1) is 10.6 Å². The molecule has 0 amide bonds. The molecule has 1 aliphatic carbocycles. The van der Waals surface area contributed by atoms with Crippen molar-refractivity contribution in [1.82, 2.24) is 10.3 Å². The molecular weight excluding hydrogens is 280 g/mol. The second-order valence-corrected chi connectivity index (χ2v) is 8.39. The predicted molar refractivity (Wildman–Crippen MR) is 87.6 cm³/mol. The van der Waals surface area contributed by atoms with Gasteiger partial charge in [0.15, 0.2) is 0 Å². The quantitative estimate of drug-likeness (QED) is 0.868. The number of ether oxygens (including phenoxy) is 1. The minimum absolute atomic E-state index is 0.277. The van der Waals surface area contributed by atoms with Crippen LogP contribution in [0.15, 0.2) is 6.20 Å². The molecule has 2 heterocycles. The maximum absolute atomic E-state index is 6.00. The van der Waals surface area contributed by atoms with Crippen molar-refractivity contribution in [3.63, 3.8) is 0 Å². The van der Waals surface area contributed by atoms with Crippen LogP contribution >= 0.6 is 11.3 Å². The summed E-state index contributed by atoms with van der Waals surface area (Å²) in [6, 6.07) is 0. The number of hydrogen-bond donors (Lipinski definition) is 1. The largest absolute Gasteiger partial charge is 0.375 e. The maximum Gasteiger partial charge on any atom is 0.0930 e. The molecule has 0 radical (unpaired) electrons. The summed E-state index contributed by atoms with van der Waals surface area (Å²) in [4.78, 5) is 5.90. The minimum Gasteiger partial charge on any atom is -0.375 e. The van der Waals surface area contributed by atoms with E-state index in [0.717, 1.165) is 32.0 Å². The van der Waals surface area contributed by atoms with Crippen molar-refractivity contribution in [3.8, 4) is 0 Å². The summed E-state index contributed by atoms with van der Waals surface area (Å²) in [5, 5.41) is 4.92. The molecule has 1 spiro atoms. The topological polar surface area (TPSA) is 34.2 Å². The average Bonchev–Trinajstić information content (AvgIpc) is 2.84. The van der Waals surface area contributed by atoms with E-state index in [1.165, 1.54) is 42.0 Å². The van der Waals surface area contributed by atoms with Crippen LogP contribution in [0.4, 0.5) is 0 Å². The SMILES string of the molecule is CC(C)Cc1ncc(CNCC2CCOC3(CCC3)C2)s1. The lowest BCUT2D eigenvalue weighted by atomic mass is 9.72. The third-order valence-corrected chi connectivity index (χ3v) is 5.80. The summed E-state index contributed by atoms with van der Waals surface area (Å²) in [6.07, 6.45) is 9.57. The molecule has 0 bridgehead atoms. The van der Waals surface area contributed by atoms with Crippen molar-refractivity contribution >= 4 is 11.3 Å². The Morgan fingerprint density at radius 3 is 3.05 bits per heavy atom. The van der Waals surface area contributed by atoms with Gasteiger partial charge in [-0.25, -0.2) is 4.98 Å². The highest BCUT2D eigenvalue weighted by molar-refractivity contribution is 7.11. The molecule has 21 heavy (non-hydrogen) atoms. The lowest BCUT2D eigenvalue weighted by molar-refractivity contribution is -0.142. The molecule has 0 aromatic carbocycles. The van der Waals surface area contributed by atoms with Gasteiger partial charge in [-0.2, -0.15) is 0 Å². The van der Waals surface area contributed by atoms with E-state index >= 15 is 0 Å². The molecule has 1 aromatic heterocycles. The molecule has 1 N–H and O–H groups in total. The van der Waals surface area contributed by atoms with Gasteiger partial charge in [0.25, 0.3) is 0 Å². The molecule has 1 unspecified atom stereocenters. The lowest BCUT2D eigenvalue weighted by Crippen LogP contribution is -2.47. The van der Waals surface area contributed by atoms with E-state index in [-0.39, 0.29) is 5.60 Å². The molecule has 1 aromatic rings. The molecule has 3 rings (SSSR count). The predicted octanol–water partition coefficient (Wildman–Crippen LogP) is 3.78. The molecule has 2 fully saturated rings. The fraction of sp³-hybridized carbons (Fsp3) is 0.824. The number of nitrogens with zero attached hydrogens (tertiary/aromatic N) is 1. The lowest BCUT2D eigenvalue weighted by Gasteiger charge is -2.47. The summed E-state index contributed by atoms with van der Waals surface area (Å²) >= 11 is 1.86. The Kier molecular flexibility index (Phi) is 4.97. The van der Waals surface area contributed by atoms with E-state index in [1.807, 2.05) is 17.5 Å². The monoisotopic (exact) mass is 308 g/mol. The Bertz CT molecular complexity index is 453. The first-order valence-corrected chi connectivity index (χ1v) is 9.25. The van der Waals surface area contributed by atoms with Crippen LogP contribution in [0.25, 0.3) is 0 Å². The van der Waals surface area contributed by atoms with Crippen LogP contribution in [0.2, 0.25) is 0 Å². The molecule has 1 atom stereocenters. The Hall–Kier alpha value is -0.450. The van der Waals surface area contributed by atoms with Crippen LogP contribution in [-0.2, 0) is 17.7 Å². The van der Waals surface area contributed by atoms with Gasteiger partial charge in [-0.3, -0.25) is 0 Å². The Morgan fingerprint density at radius 2 is 2.33 bits per heavy atom.